The van der Waals surface area contributed by atoms with Gasteiger partial charge in [0, 0.05) is 36.5 Å². The van der Waals surface area contributed by atoms with Crippen molar-refractivity contribution in [1.29, 1.82) is 0 Å². The number of aryl methyl sites for hydroxylation is 1. The smallest absolute Gasteiger partial charge is 0.223 e. The molecule has 3 unspecified atom stereocenters. The molecule has 1 aliphatic carbocycles. The Kier molecular flexibility index (Phi) is 10.4. The zero-order valence-electron chi connectivity index (χ0n) is 23.3. The van der Waals surface area contributed by atoms with Crippen molar-refractivity contribution in [1.82, 2.24) is 15.3 Å². The van der Waals surface area contributed by atoms with E-state index in [0.717, 1.165) is 60.6 Å². The van der Waals surface area contributed by atoms with Crippen LogP contribution in [0.1, 0.15) is 64.1 Å². The molecule has 1 saturated heterocycles. The number of allylic oxidation sites excluding steroid dienone is 2. The van der Waals surface area contributed by atoms with Crippen molar-refractivity contribution in [2.75, 3.05) is 28.9 Å². The molecule has 2 aromatic rings. The van der Waals surface area contributed by atoms with Gasteiger partial charge in [0.25, 0.3) is 0 Å². The lowest BCUT2D eigenvalue weighted by Gasteiger charge is -2.24. The highest BCUT2D eigenvalue weighted by molar-refractivity contribution is 8.11. The lowest BCUT2D eigenvalue weighted by Crippen LogP contribution is -2.38. The molecule has 1 aliphatic heterocycles. The van der Waals surface area contributed by atoms with Gasteiger partial charge in [0.2, 0.25) is 5.95 Å². The average Bonchev–Trinajstić information content (AvgIpc) is 3.72. The van der Waals surface area contributed by atoms with E-state index in [1.807, 2.05) is 19.9 Å². The van der Waals surface area contributed by atoms with Crippen LogP contribution in [0, 0.1) is 24.6 Å². The van der Waals surface area contributed by atoms with Crippen molar-refractivity contribution in [3.05, 3.63) is 58.7 Å². The molecule has 1 aromatic heterocycles. The largest absolute Gasteiger partial charge is 0.457 e. The van der Waals surface area contributed by atoms with Crippen molar-refractivity contribution in [2.45, 2.75) is 65.8 Å². The summed E-state index contributed by atoms with van der Waals surface area (Å²) in [5, 5.41) is 6.85. The molecule has 7 nitrogen and oxygen atoms in total. The Bertz CT molecular complexity index is 1230. The van der Waals surface area contributed by atoms with E-state index in [1.165, 1.54) is 17.8 Å². The molecular weight excluding hydrogens is 533 g/mol. The van der Waals surface area contributed by atoms with Crippen LogP contribution in [0.25, 0.3) is 4.91 Å². The van der Waals surface area contributed by atoms with Crippen LogP contribution in [0.3, 0.4) is 0 Å². The molecule has 4 rings (SSSR count). The normalized spacial score (nSPS) is 19.6. The Hall–Kier alpha value is -2.43. The molecule has 10 heteroatoms. The highest BCUT2D eigenvalue weighted by Crippen LogP contribution is 2.40. The number of nitrogens with one attached hydrogen (secondary N) is 3. The molecule has 0 spiro atoms. The van der Waals surface area contributed by atoms with Crippen LogP contribution in [0.5, 0.6) is 5.75 Å². The van der Waals surface area contributed by atoms with Crippen LogP contribution < -0.4 is 20.1 Å². The minimum atomic E-state index is -1.23. The summed E-state index contributed by atoms with van der Waals surface area (Å²) in [5.41, 5.74) is 1.99. The summed E-state index contributed by atoms with van der Waals surface area (Å²) in [6, 6.07) is 5.16. The van der Waals surface area contributed by atoms with E-state index in [0.29, 0.717) is 34.8 Å². The van der Waals surface area contributed by atoms with Gasteiger partial charge < -0.3 is 20.1 Å². The molecule has 0 radical (unpaired) electrons. The van der Waals surface area contributed by atoms with Crippen LogP contribution in [0.15, 0.2) is 41.6 Å². The van der Waals surface area contributed by atoms with E-state index in [4.69, 9.17) is 9.72 Å². The fraction of sp³-hybridized carbons (Fsp3) is 0.517. The first-order valence-electron chi connectivity index (χ1n) is 13.7. The molecule has 212 valence electrons. The Balaban J connectivity index is 1.65. The maximum absolute atomic E-state index is 15.4. The highest BCUT2D eigenvalue weighted by Gasteiger charge is 2.25. The molecule has 2 heterocycles. The molecule has 39 heavy (non-hydrogen) atoms. The maximum atomic E-state index is 15.4. The van der Waals surface area contributed by atoms with E-state index < -0.39 is 16.8 Å². The minimum Gasteiger partial charge on any atom is -0.457 e. The van der Waals surface area contributed by atoms with Crippen molar-refractivity contribution in [3.8, 4) is 5.75 Å². The zero-order valence-corrected chi connectivity index (χ0v) is 24.9. The summed E-state index contributed by atoms with van der Waals surface area (Å²) in [6.45, 7) is 13.9. The molecule has 0 bridgehead atoms. The lowest BCUT2D eigenvalue weighted by atomic mass is 10.1. The van der Waals surface area contributed by atoms with Gasteiger partial charge in [-0.25, -0.2) is 18.6 Å². The van der Waals surface area contributed by atoms with Crippen molar-refractivity contribution in [2.24, 2.45) is 11.8 Å². The summed E-state index contributed by atoms with van der Waals surface area (Å²) in [6.07, 6.45) is 6.92. The van der Waals surface area contributed by atoms with Crippen LogP contribution >= 0.6 is 11.8 Å². The average molecular weight is 574 g/mol. The van der Waals surface area contributed by atoms with Gasteiger partial charge in [-0.3, -0.25) is 0 Å². The summed E-state index contributed by atoms with van der Waals surface area (Å²) in [7, 11) is -1.23. The molecule has 0 amide bonds. The topological polar surface area (TPSA) is 88.2 Å². The van der Waals surface area contributed by atoms with Gasteiger partial charge in [-0.05, 0) is 81.0 Å². The lowest BCUT2D eigenvalue weighted by molar-refractivity contribution is 0.340. The Labute approximate surface area is 238 Å². The molecule has 3 N–H and O–H groups in total. The number of halogens is 1. The quantitative estimate of drug-likeness (QED) is 0.232. The third kappa shape index (κ3) is 8.53. The van der Waals surface area contributed by atoms with Gasteiger partial charge >= 0.3 is 0 Å². The number of nitrogens with zero attached hydrogens (tertiary/aromatic N) is 2. The second-order valence-corrected chi connectivity index (χ2v) is 13.1. The zero-order chi connectivity index (χ0) is 27.9. The number of ether oxygens (including phenoxy) is 1. The molecule has 1 saturated carbocycles. The van der Waals surface area contributed by atoms with Gasteiger partial charge in [0.05, 0.1) is 16.3 Å². The second-order valence-electron chi connectivity index (χ2n) is 10.5. The van der Waals surface area contributed by atoms with Gasteiger partial charge in [0.15, 0.2) is 11.6 Å². The van der Waals surface area contributed by atoms with Gasteiger partial charge in [-0.15, -0.1) is 0 Å². The Morgan fingerprint density at radius 2 is 2.15 bits per heavy atom. The maximum Gasteiger partial charge on any atom is 0.223 e. The predicted octanol–water partition coefficient (Wildman–Crippen LogP) is 6.63. The summed E-state index contributed by atoms with van der Waals surface area (Å²) in [4.78, 5) is 10.9. The fourth-order valence-corrected chi connectivity index (χ4v) is 6.52. The van der Waals surface area contributed by atoms with E-state index in [-0.39, 0.29) is 17.7 Å². The van der Waals surface area contributed by atoms with Crippen molar-refractivity contribution >= 4 is 39.3 Å². The molecule has 2 aliphatic rings. The van der Waals surface area contributed by atoms with Crippen molar-refractivity contribution in [3.63, 3.8) is 0 Å². The minimum absolute atomic E-state index is 0.00989. The third-order valence-electron chi connectivity index (χ3n) is 6.88. The SMILES string of the molecule is C=C(C)S/C(=C(/Oc1cc(C)c(NS(=O)CC2CC2)cc1F)C(C)CC)c1ccnc(NC2CCCNC2)n1. The molecule has 3 atom stereocenters. The fourth-order valence-electron chi connectivity index (χ4n) is 4.30. The van der Waals surface area contributed by atoms with Crippen molar-refractivity contribution < 1.29 is 13.3 Å². The van der Waals surface area contributed by atoms with Crippen LogP contribution in [-0.4, -0.2) is 39.1 Å². The van der Waals surface area contributed by atoms with E-state index in [1.54, 1.807) is 12.3 Å². The molecule has 2 fully saturated rings. The number of thioether (sulfide) groups is 1. The Morgan fingerprint density at radius 1 is 1.36 bits per heavy atom. The standard InChI is InChI=1S/C29H40FN5O2S2/c1-6-19(4)27(37-26-14-20(5)25(15-23(26)30)35-39(36)17-21-9-10-21)28(38-18(2)3)24-11-13-32-29(34-24)33-22-8-7-12-31-16-22/h11,13-15,19,21-22,31,35H,2,6-10,12,16-17H2,1,3-5H3,(H,32,33,34)/b28-27+. The van der Waals surface area contributed by atoms with Gasteiger partial charge in [0.1, 0.15) is 16.7 Å². The number of hydrogen-bond acceptors (Lipinski definition) is 7. The summed E-state index contributed by atoms with van der Waals surface area (Å²) < 4.78 is 37.2. The van der Waals surface area contributed by atoms with Crippen LogP contribution in [0.2, 0.25) is 0 Å². The van der Waals surface area contributed by atoms with E-state index in [2.05, 4.69) is 40.8 Å². The number of hydrogen-bond donors (Lipinski definition) is 3. The predicted molar refractivity (Wildman–Crippen MR) is 161 cm³/mol. The first kappa shape index (κ1) is 29.6. The second kappa shape index (κ2) is 13.8. The first-order valence-corrected chi connectivity index (χ1v) is 15.9. The van der Waals surface area contributed by atoms with Gasteiger partial charge in [-0.1, -0.05) is 32.2 Å². The number of anilines is 2. The molecule has 1 aromatic carbocycles. The number of piperidine rings is 1. The monoisotopic (exact) mass is 573 g/mol. The number of benzene rings is 1. The van der Waals surface area contributed by atoms with Gasteiger partial charge in [-0.2, -0.15) is 0 Å². The summed E-state index contributed by atoms with van der Waals surface area (Å²) in [5.74, 6) is 1.89. The number of aromatic nitrogens is 2. The molecular formula is C29H40FN5O2S2. The third-order valence-corrected chi connectivity index (χ3v) is 9.07. The Morgan fingerprint density at radius 3 is 2.82 bits per heavy atom. The van der Waals surface area contributed by atoms with Crippen LogP contribution in [-0.2, 0) is 11.0 Å². The number of rotatable bonds is 13. The summed E-state index contributed by atoms with van der Waals surface area (Å²) >= 11 is 1.47. The highest BCUT2D eigenvalue weighted by atomic mass is 32.2. The van der Waals surface area contributed by atoms with E-state index >= 15 is 4.39 Å². The van der Waals surface area contributed by atoms with E-state index in [9.17, 15) is 4.21 Å². The van der Waals surface area contributed by atoms with Crippen LogP contribution in [0.4, 0.5) is 16.0 Å². The first-order chi connectivity index (χ1) is 18.7.